The van der Waals surface area contributed by atoms with Crippen LogP contribution in [0.5, 0.6) is 0 Å². The number of nitrogens with one attached hydrogen (secondary N) is 1. The summed E-state index contributed by atoms with van der Waals surface area (Å²) in [6.45, 7) is 7.07. The Balaban J connectivity index is 1.70. The monoisotopic (exact) mass is 412 g/mol. The average Bonchev–Trinajstić information content (AvgIpc) is 2.72. The van der Waals surface area contributed by atoms with Gasteiger partial charge in [0.25, 0.3) is 0 Å². The van der Waals surface area contributed by atoms with Gasteiger partial charge < -0.3 is 10.2 Å². The van der Waals surface area contributed by atoms with E-state index in [-0.39, 0.29) is 29.2 Å². The molecule has 1 N–H and O–H groups in total. The number of carbonyl (C=O) groups is 2. The van der Waals surface area contributed by atoms with E-state index in [0.717, 1.165) is 11.1 Å². The van der Waals surface area contributed by atoms with Crippen molar-refractivity contribution in [2.75, 3.05) is 13.1 Å². The first kappa shape index (κ1) is 21.4. The fourth-order valence-electron chi connectivity index (χ4n) is 3.74. The van der Waals surface area contributed by atoms with Crippen LogP contribution >= 0.6 is 11.6 Å². The Labute approximate surface area is 178 Å². The van der Waals surface area contributed by atoms with E-state index in [9.17, 15) is 9.59 Å². The van der Waals surface area contributed by atoms with Gasteiger partial charge in [-0.2, -0.15) is 0 Å². The number of piperidine rings is 1. The lowest BCUT2D eigenvalue weighted by atomic mass is 9.90. The van der Waals surface area contributed by atoms with Crippen LogP contribution in [0.1, 0.15) is 50.8 Å². The highest BCUT2D eigenvalue weighted by Gasteiger charge is 2.33. The van der Waals surface area contributed by atoms with Crippen molar-refractivity contribution in [1.29, 1.82) is 0 Å². The summed E-state index contributed by atoms with van der Waals surface area (Å²) in [5.74, 6) is 0.105. The molecule has 2 aromatic rings. The molecule has 2 aromatic carbocycles. The quantitative estimate of drug-likeness (QED) is 0.781. The van der Waals surface area contributed by atoms with E-state index < -0.39 is 0 Å². The molecule has 1 heterocycles. The van der Waals surface area contributed by atoms with Crippen molar-refractivity contribution in [2.45, 2.75) is 39.7 Å². The van der Waals surface area contributed by atoms with Crippen LogP contribution in [0.15, 0.2) is 54.6 Å². The molecule has 1 saturated heterocycles. The van der Waals surface area contributed by atoms with Gasteiger partial charge in [0.15, 0.2) is 0 Å². The van der Waals surface area contributed by atoms with Gasteiger partial charge >= 0.3 is 0 Å². The minimum Gasteiger partial charge on any atom is -0.345 e. The Bertz CT molecular complexity index is 835. The molecule has 3 rings (SSSR count). The minimum atomic E-state index is -0.387. The molecule has 0 bridgehead atoms. The number of amides is 2. The molecular formula is C24H29ClN2O2. The molecule has 4 nitrogen and oxygen atoms in total. The Kier molecular flexibility index (Phi) is 6.63. The van der Waals surface area contributed by atoms with E-state index in [4.69, 9.17) is 11.6 Å². The largest absolute Gasteiger partial charge is 0.345 e. The Hall–Kier alpha value is -2.33. The maximum absolute atomic E-state index is 13.1. The lowest BCUT2D eigenvalue weighted by molar-refractivity contribution is -0.142. The van der Waals surface area contributed by atoms with Gasteiger partial charge in [-0.25, -0.2) is 0 Å². The number of rotatable bonds is 4. The van der Waals surface area contributed by atoms with Crippen LogP contribution in [0, 0.1) is 11.3 Å². The summed E-state index contributed by atoms with van der Waals surface area (Å²) in [4.78, 5) is 27.4. The zero-order chi connectivity index (χ0) is 21.0. The fourth-order valence-corrected chi connectivity index (χ4v) is 3.87. The van der Waals surface area contributed by atoms with Gasteiger partial charge in [0.05, 0.1) is 6.04 Å². The number of nitrogens with zero attached hydrogens (tertiary/aromatic N) is 1. The minimum absolute atomic E-state index is 0.0386. The third-order valence-electron chi connectivity index (χ3n) is 5.42. The number of likely N-dealkylation sites (tertiary alicyclic amines) is 1. The number of halogens is 1. The first-order chi connectivity index (χ1) is 13.8. The predicted molar refractivity (Wildman–Crippen MR) is 117 cm³/mol. The highest BCUT2D eigenvalue weighted by atomic mass is 35.5. The normalized spacial score (nSPS) is 16.3. The summed E-state index contributed by atoms with van der Waals surface area (Å²) >= 11 is 6.04. The van der Waals surface area contributed by atoms with E-state index >= 15 is 0 Å². The lowest BCUT2D eigenvalue weighted by Crippen LogP contribution is -2.47. The summed E-state index contributed by atoms with van der Waals surface area (Å²) in [6, 6.07) is 17.3. The van der Waals surface area contributed by atoms with Crippen molar-refractivity contribution >= 4 is 23.4 Å². The molecule has 1 aliphatic rings. The molecule has 0 radical (unpaired) electrons. The van der Waals surface area contributed by atoms with Crippen LogP contribution in [-0.2, 0) is 9.59 Å². The third kappa shape index (κ3) is 5.39. The van der Waals surface area contributed by atoms with Crippen LogP contribution in [0.25, 0.3) is 0 Å². The van der Waals surface area contributed by atoms with Gasteiger partial charge in [-0.1, -0.05) is 74.8 Å². The molecule has 2 amide bonds. The van der Waals surface area contributed by atoms with Crippen LogP contribution in [0.4, 0.5) is 0 Å². The smallest absolute Gasteiger partial charge is 0.227 e. The van der Waals surface area contributed by atoms with E-state index in [1.165, 1.54) is 0 Å². The summed E-state index contributed by atoms with van der Waals surface area (Å²) < 4.78 is 0. The second kappa shape index (κ2) is 9.00. The van der Waals surface area contributed by atoms with Gasteiger partial charge in [0.2, 0.25) is 11.8 Å². The van der Waals surface area contributed by atoms with Crippen LogP contribution in [0.3, 0.4) is 0 Å². The van der Waals surface area contributed by atoms with E-state index in [0.29, 0.717) is 31.0 Å². The standard InChI is InChI=1S/C24H29ClN2O2/c1-24(2,3)23(29)27-15-13-19(14-16-27)22(28)26-21(17-7-5-4-6-8-17)18-9-11-20(25)12-10-18/h4-12,19,21H,13-16H2,1-3H3,(H,26,28). The Morgan fingerprint density at radius 2 is 1.52 bits per heavy atom. The van der Waals surface area contributed by atoms with Gasteiger partial charge in [-0.15, -0.1) is 0 Å². The van der Waals surface area contributed by atoms with E-state index in [1.807, 2.05) is 80.3 Å². The van der Waals surface area contributed by atoms with Crippen molar-refractivity contribution in [3.63, 3.8) is 0 Å². The van der Waals surface area contributed by atoms with Gasteiger partial charge in [-0.05, 0) is 36.1 Å². The first-order valence-electron chi connectivity index (χ1n) is 10.2. The Morgan fingerprint density at radius 1 is 0.966 bits per heavy atom. The molecule has 1 atom stereocenters. The molecule has 1 unspecified atom stereocenters. The summed E-state index contributed by atoms with van der Waals surface area (Å²) in [5, 5.41) is 3.90. The van der Waals surface area contributed by atoms with Gasteiger partial charge in [0.1, 0.15) is 0 Å². The zero-order valence-corrected chi connectivity index (χ0v) is 18.1. The molecule has 0 aromatic heterocycles. The van der Waals surface area contributed by atoms with E-state index in [1.54, 1.807) is 0 Å². The molecule has 0 spiro atoms. The molecule has 29 heavy (non-hydrogen) atoms. The third-order valence-corrected chi connectivity index (χ3v) is 5.67. The second-order valence-electron chi connectivity index (χ2n) is 8.72. The molecular weight excluding hydrogens is 384 g/mol. The summed E-state index contributed by atoms with van der Waals surface area (Å²) in [7, 11) is 0. The van der Waals surface area contributed by atoms with Crippen molar-refractivity contribution in [2.24, 2.45) is 11.3 Å². The number of benzene rings is 2. The zero-order valence-electron chi connectivity index (χ0n) is 17.3. The number of carbonyl (C=O) groups excluding carboxylic acids is 2. The molecule has 154 valence electrons. The van der Waals surface area contributed by atoms with Crippen LogP contribution in [-0.4, -0.2) is 29.8 Å². The maximum Gasteiger partial charge on any atom is 0.227 e. The van der Waals surface area contributed by atoms with Crippen molar-refractivity contribution in [3.8, 4) is 0 Å². The topological polar surface area (TPSA) is 49.4 Å². The second-order valence-corrected chi connectivity index (χ2v) is 9.16. The van der Waals surface area contributed by atoms with Crippen LogP contribution in [0.2, 0.25) is 5.02 Å². The maximum atomic E-state index is 13.1. The summed E-state index contributed by atoms with van der Waals surface area (Å²) in [6.07, 6.45) is 1.38. The molecule has 0 aliphatic carbocycles. The first-order valence-corrected chi connectivity index (χ1v) is 10.5. The molecule has 1 fully saturated rings. The highest BCUT2D eigenvalue weighted by Crippen LogP contribution is 2.27. The molecule has 5 heteroatoms. The van der Waals surface area contributed by atoms with Crippen molar-refractivity contribution < 1.29 is 9.59 Å². The number of hydrogen-bond donors (Lipinski definition) is 1. The molecule has 1 aliphatic heterocycles. The van der Waals surface area contributed by atoms with Gasteiger partial charge in [0, 0.05) is 29.4 Å². The van der Waals surface area contributed by atoms with Gasteiger partial charge in [-0.3, -0.25) is 9.59 Å². The highest BCUT2D eigenvalue weighted by molar-refractivity contribution is 6.30. The van der Waals surface area contributed by atoms with Crippen LogP contribution < -0.4 is 5.32 Å². The fraction of sp³-hybridized carbons (Fsp3) is 0.417. The summed E-state index contributed by atoms with van der Waals surface area (Å²) in [5.41, 5.74) is 1.64. The average molecular weight is 413 g/mol. The number of hydrogen-bond acceptors (Lipinski definition) is 2. The van der Waals surface area contributed by atoms with E-state index in [2.05, 4.69) is 5.32 Å². The lowest BCUT2D eigenvalue weighted by Gasteiger charge is -2.35. The predicted octanol–water partition coefficient (Wildman–Crippen LogP) is 4.83. The SMILES string of the molecule is CC(C)(C)C(=O)N1CCC(C(=O)NC(c2ccccc2)c2ccc(Cl)cc2)CC1. The Morgan fingerprint density at radius 3 is 2.07 bits per heavy atom. The van der Waals surface area contributed by atoms with Crippen molar-refractivity contribution in [1.82, 2.24) is 10.2 Å². The molecule has 0 saturated carbocycles. The van der Waals surface area contributed by atoms with Crippen molar-refractivity contribution in [3.05, 3.63) is 70.7 Å².